The van der Waals surface area contributed by atoms with Crippen LogP contribution in [0, 0.1) is 0 Å². The zero-order chi connectivity index (χ0) is 21.0. The van der Waals surface area contributed by atoms with Gasteiger partial charge in [-0.3, -0.25) is 0 Å². The Labute approximate surface area is 162 Å². The lowest BCUT2D eigenvalue weighted by Gasteiger charge is -2.09. The van der Waals surface area contributed by atoms with Gasteiger partial charge in [0.1, 0.15) is 24.4 Å². The van der Waals surface area contributed by atoms with Gasteiger partial charge in [-0.2, -0.15) is 4.98 Å². The summed E-state index contributed by atoms with van der Waals surface area (Å²) < 4.78 is 52.4. The number of hydrogen-bond donors (Lipinski definition) is 1. The average molecular weight is 409 g/mol. The van der Waals surface area contributed by atoms with E-state index in [2.05, 4.69) is 14.8 Å². The summed E-state index contributed by atoms with van der Waals surface area (Å²) in [5, 5.41) is 13.1. The van der Waals surface area contributed by atoms with Crippen molar-refractivity contribution in [3.8, 4) is 23.2 Å². The van der Waals surface area contributed by atoms with Crippen molar-refractivity contribution in [3.63, 3.8) is 0 Å². The lowest BCUT2D eigenvalue weighted by molar-refractivity contribution is -0.274. The second kappa shape index (κ2) is 8.09. The molecule has 11 heteroatoms. The number of aromatic carboxylic acids is 1. The zero-order valence-electron chi connectivity index (χ0n) is 14.9. The molecule has 0 aliphatic rings. The number of nitrogens with zero attached hydrogens (tertiary/aromatic N) is 3. The van der Waals surface area contributed by atoms with Crippen molar-refractivity contribution in [2.24, 2.45) is 0 Å². The molecule has 1 aromatic heterocycles. The number of ether oxygens (including phenoxy) is 3. The van der Waals surface area contributed by atoms with Gasteiger partial charge in [0.25, 0.3) is 0 Å². The number of aromatic nitrogens is 3. The normalized spacial score (nSPS) is 11.2. The van der Waals surface area contributed by atoms with Gasteiger partial charge in [0.2, 0.25) is 0 Å². The Kier molecular flexibility index (Phi) is 5.57. The molecule has 0 spiro atoms. The molecule has 8 nitrogen and oxygen atoms in total. The van der Waals surface area contributed by atoms with Crippen molar-refractivity contribution in [2.45, 2.75) is 13.0 Å². The van der Waals surface area contributed by atoms with Crippen LogP contribution in [-0.4, -0.2) is 39.3 Å². The number of rotatable bonds is 7. The molecule has 2 aromatic carbocycles. The van der Waals surface area contributed by atoms with Crippen LogP contribution in [0.25, 0.3) is 5.69 Å². The second-order valence-corrected chi connectivity index (χ2v) is 5.63. The molecule has 0 aliphatic heterocycles. The third kappa shape index (κ3) is 5.15. The van der Waals surface area contributed by atoms with Crippen LogP contribution in [0.15, 0.2) is 48.8 Å². The number of carbonyl (C=O) groups is 1. The highest BCUT2D eigenvalue weighted by Gasteiger charge is 2.31. The quantitative estimate of drug-likeness (QED) is 0.639. The molecular weight excluding hydrogens is 395 g/mol. The summed E-state index contributed by atoms with van der Waals surface area (Å²) in [6.45, 7) is 0.0193. The number of alkyl halides is 3. The fraction of sp³-hybridized carbons (Fsp3) is 0.167. The van der Waals surface area contributed by atoms with E-state index in [1.54, 1.807) is 6.07 Å². The van der Waals surface area contributed by atoms with Gasteiger partial charge < -0.3 is 19.3 Å². The largest absolute Gasteiger partial charge is 0.573 e. The van der Waals surface area contributed by atoms with E-state index < -0.39 is 12.3 Å². The van der Waals surface area contributed by atoms with E-state index in [0.29, 0.717) is 17.0 Å². The molecule has 0 saturated carbocycles. The van der Waals surface area contributed by atoms with Crippen molar-refractivity contribution in [1.82, 2.24) is 14.8 Å². The van der Waals surface area contributed by atoms with Gasteiger partial charge in [-0.25, -0.2) is 9.48 Å². The van der Waals surface area contributed by atoms with Crippen LogP contribution in [0.2, 0.25) is 0 Å². The smallest absolute Gasteiger partial charge is 0.496 e. The zero-order valence-corrected chi connectivity index (χ0v) is 14.9. The maximum atomic E-state index is 12.2. The summed E-state index contributed by atoms with van der Waals surface area (Å²) in [4.78, 5) is 15.0. The topological polar surface area (TPSA) is 95.7 Å². The number of carboxylic acids is 1. The summed E-state index contributed by atoms with van der Waals surface area (Å²) in [6, 6.07) is 9.43. The van der Waals surface area contributed by atoms with Crippen LogP contribution < -0.4 is 14.2 Å². The van der Waals surface area contributed by atoms with E-state index >= 15 is 0 Å². The lowest BCUT2D eigenvalue weighted by atomic mass is 10.1. The molecular formula is C18H14F3N3O5. The average Bonchev–Trinajstić information content (AvgIpc) is 3.14. The van der Waals surface area contributed by atoms with Crippen LogP contribution in [-0.2, 0) is 6.61 Å². The van der Waals surface area contributed by atoms with Crippen LogP contribution in [0.3, 0.4) is 0 Å². The predicted octanol–water partition coefficient (Wildman–Crippen LogP) is 3.45. The molecule has 3 aromatic rings. The molecule has 1 heterocycles. The third-order valence-corrected chi connectivity index (χ3v) is 3.70. The van der Waals surface area contributed by atoms with Gasteiger partial charge in [-0.05, 0) is 36.4 Å². The Morgan fingerprint density at radius 2 is 1.90 bits per heavy atom. The Morgan fingerprint density at radius 1 is 1.17 bits per heavy atom. The molecule has 0 fully saturated rings. The Morgan fingerprint density at radius 3 is 2.52 bits per heavy atom. The first-order valence-corrected chi connectivity index (χ1v) is 8.06. The van der Waals surface area contributed by atoms with E-state index in [1.807, 2.05) is 0 Å². The summed E-state index contributed by atoms with van der Waals surface area (Å²) in [5.41, 5.74) is 1.11. The number of methoxy groups -OCH3 is 1. The van der Waals surface area contributed by atoms with Gasteiger partial charge in [-0.15, -0.1) is 18.3 Å². The van der Waals surface area contributed by atoms with Gasteiger partial charge in [-0.1, -0.05) is 6.07 Å². The van der Waals surface area contributed by atoms with E-state index in [0.717, 1.165) is 12.1 Å². The summed E-state index contributed by atoms with van der Waals surface area (Å²) >= 11 is 0. The van der Waals surface area contributed by atoms with Crippen molar-refractivity contribution in [2.75, 3.05) is 7.11 Å². The fourth-order valence-corrected chi connectivity index (χ4v) is 2.38. The Balaban J connectivity index is 1.67. The number of benzene rings is 2. The van der Waals surface area contributed by atoms with Crippen LogP contribution in [0.1, 0.15) is 15.9 Å². The van der Waals surface area contributed by atoms with E-state index in [-0.39, 0.29) is 23.9 Å². The summed E-state index contributed by atoms with van der Waals surface area (Å²) in [5.74, 6) is -1.10. The molecule has 1 N–H and O–H groups in total. The minimum absolute atomic E-state index is 0.0185. The summed E-state index contributed by atoms with van der Waals surface area (Å²) in [6.07, 6.45) is -3.43. The second-order valence-electron chi connectivity index (χ2n) is 5.63. The molecule has 0 atom stereocenters. The number of halogens is 3. The Hall–Kier alpha value is -3.76. The molecule has 0 amide bonds. The molecule has 29 heavy (non-hydrogen) atoms. The molecule has 0 aliphatic carbocycles. The maximum absolute atomic E-state index is 12.2. The standard InChI is InChI=1S/C18H14F3N3O5/c1-27-15-8-11(16(25)26)2-3-12(15)9-28-17-22-10-24(23-17)13-4-6-14(7-5-13)29-18(19,20)21/h2-8,10H,9H2,1H3,(H,25,26). The van der Waals surface area contributed by atoms with E-state index in [1.165, 1.54) is 42.4 Å². The van der Waals surface area contributed by atoms with Crippen molar-refractivity contribution in [3.05, 3.63) is 59.9 Å². The number of carboxylic acid groups (broad SMARTS) is 1. The fourth-order valence-electron chi connectivity index (χ4n) is 2.38. The van der Waals surface area contributed by atoms with Gasteiger partial charge >= 0.3 is 18.3 Å². The van der Waals surface area contributed by atoms with Gasteiger partial charge in [0.05, 0.1) is 18.4 Å². The van der Waals surface area contributed by atoms with Gasteiger partial charge in [0.15, 0.2) is 0 Å². The minimum Gasteiger partial charge on any atom is -0.496 e. The molecule has 0 saturated heterocycles. The van der Waals surface area contributed by atoms with E-state index in [9.17, 15) is 18.0 Å². The van der Waals surface area contributed by atoms with Crippen LogP contribution in [0.5, 0.6) is 17.5 Å². The lowest BCUT2D eigenvalue weighted by Crippen LogP contribution is -2.17. The highest BCUT2D eigenvalue weighted by atomic mass is 19.4. The maximum Gasteiger partial charge on any atom is 0.573 e. The minimum atomic E-state index is -4.76. The Bertz CT molecular complexity index is 1000. The van der Waals surface area contributed by atoms with Crippen molar-refractivity contribution >= 4 is 5.97 Å². The van der Waals surface area contributed by atoms with E-state index in [4.69, 9.17) is 14.6 Å². The molecule has 0 unspecified atom stereocenters. The number of hydrogen-bond acceptors (Lipinski definition) is 6. The first kappa shape index (κ1) is 20.0. The molecule has 152 valence electrons. The van der Waals surface area contributed by atoms with Crippen molar-refractivity contribution < 1.29 is 37.3 Å². The molecule has 0 radical (unpaired) electrons. The first-order chi connectivity index (χ1) is 13.7. The van der Waals surface area contributed by atoms with Crippen LogP contribution >= 0.6 is 0 Å². The van der Waals surface area contributed by atoms with Crippen molar-refractivity contribution in [1.29, 1.82) is 0 Å². The predicted molar refractivity (Wildman–Crippen MR) is 92.3 cm³/mol. The highest BCUT2D eigenvalue weighted by molar-refractivity contribution is 5.88. The van der Waals surface area contributed by atoms with Crippen LogP contribution in [0.4, 0.5) is 13.2 Å². The first-order valence-electron chi connectivity index (χ1n) is 8.06. The molecule has 0 bridgehead atoms. The third-order valence-electron chi connectivity index (χ3n) is 3.70. The highest BCUT2D eigenvalue weighted by Crippen LogP contribution is 2.24. The van der Waals surface area contributed by atoms with Gasteiger partial charge in [0, 0.05) is 5.56 Å². The molecule has 3 rings (SSSR count). The summed E-state index contributed by atoms with van der Waals surface area (Å²) in [7, 11) is 1.41. The monoisotopic (exact) mass is 409 g/mol. The SMILES string of the molecule is COc1cc(C(=O)O)ccc1COc1ncn(-c2ccc(OC(F)(F)F)cc2)n1.